The van der Waals surface area contributed by atoms with Gasteiger partial charge in [-0.3, -0.25) is 10.2 Å². The summed E-state index contributed by atoms with van der Waals surface area (Å²) in [6.45, 7) is 13.5. The van der Waals surface area contributed by atoms with E-state index in [0.29, 0.717) is 23.0 Å². The molecule has 1 aliphatic heterocycles. The lowest BCUT2D eigenvalue weighted by atomic mass is 9.88. The van der Waals surface area contributed by atoms with Crippen molar-refractivity contribution in [2.24, 2.45) is 5.92 Å². The standard InChI is InChI=1S/C29H38N4O3S2/c1-6-32-14-11-19-21(26(38-23(19)17-32)33-12-7-8-13-33)16-30-28(35)31-25-24(27(34)36-29(3,4)5)20-10-9-18(2)15-22(20)37-25/h7-8,12-13,18H,6,9-11,14-17H2,1-5H3,(H2,30,31,35). The van der Waals surface area contributed by atoms with Crippen molar-refractivity contribution in [3.63, 3.8) is 0 Å². The average Bonchev–Trinajstić information content (AvgIpc) is 3.57. The molecule has 1 aliphatic carbocycles. The first-order valence-electron chi connectivity index (χ1n) is 13.5. The fraction of sp³-hybridized carbons (Fsp3) is 0.517. The van der Waals surface area contributed by atoms with E-state index in [1.54, 1.807) is 0 Å². The summed E-state index contributed by atoms with van der Waals surface area (Å²) < 4.78 is 7.89. The number of hydrogen-bond acceptors (Lipinski definition) is 6. The number of carbonyl (C=O) groups excluding carboxylic acids is 2. The number of esters is 1. The molecule has 0 bridgehead atoms. The molecule has 204 valence electrons. The van der Waals surface area contributed by atoms with E-state index in [9.17, 15) is 9.59 Å². The molecule has 3 aromatic rings. The first-order chi connectivity index (χ1) is 18.1. The number of likely N-dealkylation sites (N-methyl/N-ethyl adjacent to an activating group) is 1. The third-order valence-corrected chi connectivity index (χ3v) is 9.72. The van der Waals surface area contributed by atoms with Gasteiger partial charge in [0.05, 0.1) is 5.56 Å². The summed E-state index contributed by atoms with van der Waals surface area (Å²) in [5.74, 6) is 0.206. The molecule has 2 aliphatic rings. The lowest BCUT2D eigenvalue weighted by Crippen LogP contribution is -2.32. The number of hydrogen-bond donors (Lipinski definition) is 2. The van der Waals surface area contributed by atoms with Gasteiger partial charge in [0, 0.05) is 47.3 Å². The lowest BCUT2D eigenvalue weighted by molar-refractivity contribution is 0.00697. The van der Waals surface area contributed by atoms with Gasteiger partial charge in [0.1, 0.15) is 15.6 Å². The van der Waals surface area contributed by atoms with E-state index >= 15 is 0 Å². The Kier molecular flexibility index (Phi) is 7.71. The van der Waals surface area contributed by atoms with Crippen molar-refractivity contribution >= 4 is 39.7 Å². The first-order valence-corrected chi connectivity index (χ1v) is 15.2. The summed E-state index contributed by atoms with van der Waals surface area (Å²) in [7, 11) is 0. The number of ether oxygens (including phenoxy) is 1. The second-order valence-corrected chi connectivity index (χ2v) is 13.6. The molecular weight excluding hydrogens is 516 g/mol. The summed E-state index contributed by atoms with van der Waals surface area (Å²) in [4.78, 5) is 31.5. The average molecular weight is 555 g/mol. The fourth-order valence-corrected chi connectivity index (χ4v) is 8.11. The van der Waals surface area contributed by atoms with Crippen molar-refractivity contribution in [3.05, 3.63) is 56.5 Å². The Hall–Kier alpha value is -2.62. The predicted octanol–water partition coefficient (Wildman–Crippen LogP) is 6.38. The third kappa shape index (κ3) is 5.70. The van der Waals surface area contributed by atoms with Crippen LogP contribution in [0.15, 0.2) is 24.5 Å². The van der Waals surface area contributed by atoms with E-state index in [1.165, 1.54) is 32.2 Å². The zero-order valence-electron chi connectivity index (χ0n) is 23.0. The quantitative estimate of drug-likeness (QED) is 0.347. The van der Waals surface area contributed by atoms with Gasteiger partial charge >= 0.3 is 12.0 Å². The zero-order chi connectivity index (χ0) is 27.0. The summed E-state index contributed by atoms with van der Waals surface area (Å²) in [5, 5.41) is 7.87. The van der Waals surface area contributed by atoms with Gasteiger partial charge in [-0.25, -0.2) is 9.59 Å². The molecule has 7 nitrogen and oxygen atoms in total. The van der Waals surface area contributed by atoms with Gasteiger partial charge in [0.2, 0.25) is 0 Å². The predicted molar refractivity (Wildman–Crippen MR) is 155 cm³/mol. The topological polar surface area (TPSA) is 75.6 Å². The van der Waals surface area contributed by atoms with Gasteiger partial charge < -0.3 is 14.6 Å². The van der Waals surface area contributed by atoms with Crippen LogP contribution in [-0.4, -0.2) is 40.2 Å². The van der Waals surface area contributed by atoms with E-state index < -0.39 is 5.60 Å². The third-order valence-electron chi connectivity index (χ3n) is 7.28. The number of carbonyl (C=O) groups is 2. The molecule has 2 amide bonds. The molecule has 9 heteroatoms. The second-order valence-electron chi connectivity index (χ2n) is 11.4. The minimum absolute atomic E-state index is 0.300. The highest BCUT2D eigenvalue weighted by Crippen LogP contribution is 2.41. The molecule has 38 heavy (non-hydrogen) atoms. The lowest BCUT2D eigenvalue weighted by Gasteiger charge is -2.25. The van der Waals surface area contributed by atoms with Crippen molar-refractivity contribution in [2.75, 3.05) is 18.4 Å². The number of rotatable bonds is 6. The highest BCUT2D eigenvalue weighted by molar-refractivity contribution is 7.17. The molecule has 0 fully saturated rings. The van der Waals surface area contributed by atoms with Crippen LogP contribution in [0.5, 0.6) is 0 Å². The Morgan fingerprint density at radius 1 is 1.11 bits per heavy atom. The van der Waals surface area contributed by atoms with Gasteiger partial charge in [-0.1, -0.05) is 13.8 Å². The van der Waals surface area contributed by atoms with Crippen LogP contribution in [0.1, 0.15) is 77.8 Å². The maximum Gasteiger partial charge on any atom is 0.341 e. The molecule has 1 atom stereocenters. The number of anilines is 1. The number of thiophene rings is 2. The maximum absolute atomic E-state index is 13.2. The Bertz CT molecular complexity index is 1320. The minimum Gasteiger partial charge on any atom is -0.456 e. The maximum atomic E-state index is 13.2. The van der Waals surface area contributed by atoms with Crippen LogP contribution in [0.2, 0.25) is 0 Å². The van der Waals surface area contributed by atoms with Crippen LogP contribution in [0.25, 0.3) is 5.00 Å². The van der Waals surface area contributed by atoms with Crippen LogP contribution in [0.3, 0.4) is 0 Å². The van der Waals surface area contributed by atoms with Crippen LogP contribution in [0, 0.1) is 5.92 Å². The van der Waals surface area contributed by atoms with Crippen LogP contribution in [0.4, 0.5) is 9.80 Å². The van der Waals surface area contributed by atoms with Gasteiger partial charge in [-0.15, -0.1) is 22.7 Å². The SMILES string of the molecule is CCN1CCc2c(sc(-n3cccc3)c2CNC(=O)Nc2sc3c(c2C(=O)OC(C)(C)C)CCC(C)C3)C1. The van der Waals surface area contributed by atoms with Crippen molar-refractivity contribution < 1.29 is 14.3 Å². The monoisotopic (exact) mass is 554 g/mol. The molecule has 0 radical (unpaired) electrons. The Morgan fingerprint density at radius 2 is 1.87 bits per heavy atom. The van der Waals surface area contributed by atoms with Crippen molar-refractivity contribution in [1.82, 2.24) is 14.8 Å². The van der Waals surface area contributed by atoms with Gasteiger partial charge in [0.25, 0.3) is 0 Å². The van der Waals surface area contributed by atoms with Crippen molar-refractivity contribution in [1.29, 1.82) is 0 Å². The molecule has 4 heterocycles. The molecule has 1 unspecified atom stereocenters. The van der Waals surface area contributed by atoms with Crippen molar-refractivity contribution in [2.45, 2.75) is 79.0 Å². The van der Waals surface area contributed by atoms with E-state index in [1.807, 2.05) is 44.2 Å². The summed E-state index contributed by atoms with van der Waals surface area (Å²) in [6, 6.07) is 3.75. The Balaban J connectivity index is 1.37. The number of fused-ring (bicyclic) bond motifs is 2. The Morgan fingerprint density at radius 3 is 2.58 bits per heavy atom. The number of amides is 2. The molecule has 5 rings (SSSR count). The van der Waals surface area contributed by atoms with E-state index in [-0.39, 0.29) is 12.0 Å². The van der Waals surface area contributed by atoms with Crippen LogP contribution < -0.4 is 10.6 Å². The van der Waals surface area contributed by atoms with Gasteiger partial charge in [-0.05, 0) is 82.2 Å². The van der Waals surface area contributed by atoms with Crippen molar-refractivity contribution in [3.8, 4) is 5.00 Å². The number of urea groups is 1. The normalized spacial score (nSPS) is 17.6. The van der Waals surface area contributed by atoms with Gasteiger partial charge in [0.15, 0.2) is 0 Å². The molecule has 2 N–H and O–H groups in total. The summed E-state index contributed by atoms with van der Waals surface area (Å²) in [6.07, 6.45) is 7.89. The molecular formula is C29H38N4O3S2. The molecule has 0 saturated heterocycles. The molecule has 0 saturated carbocycles. The summed E-state index contributed by atoms with van der Waals surface area (Å²) >= 11 is 3.33. The highest BCUT2D eigenvalue weighted by Gasteiger charge is 2.31. The smallest absolute Gasteiger partial charge is 0.341 e. The Labute approximate surface area is 233 Å². The van der Waals surface area contributed by atoms with E-state index in [4.69, 9.17) is 4.74 Å². The zero-order valence-corrected chi connectivity index (χ0v) is 24.6. The largest absolute Gasteiger partial charge is 0.456 e. The van der Waals surface area contributed by atoms with Gasteiger partial charge in [-0.2, -0.15) is 0 Å². The molecule has 0 spiro atoms. The number of nitrogens with zero attached hydrogens (tertiary/aromatic N) is 2. The fourth-order valence-electron chi connectivity index (χ4n) is 5.34. The molecule has 3 aromatic heterocycles. The number of aromatic nitrogens is 1. The molecule has 0 aromatic carbocycles. The highest BCUT2D eigenvalue weighted by atomic mass is 32.1. The summed E-state index contributed by atoms with van der Waals surface area (Å²) in [5.41, 5.74) is 3.51. The minimum atomic E-state index is -0.604. The van der Waals surface area contributed by atoms with Crippen LogP contribution >= 0.6 is 22.7 Å². The second kappa shape index (κ2) is 10.9. The first kappa shape index (κ1) is 27.0. The number of nitrogens with one attached hydrogen (secondary N) is 2. The van der Waals surface area contributed by atoms with Crippen LogP contribution in [-0.2, 0) is 37.1 Å². The van der Waals surface area contributed by atoms with E-state index in [0.717, 1.165) is 55.9 Å². The van der Waals surface area contributed by atoms with E-state index in [2.05, 4.69) is 46.3 Å².